The van der Waals surface area contributed by atoms with Gasteiger partial charge in [-0.1, -0.05) is 22.9 Å². The molecule has 2 heterocycles. The van der Waals surface area contributed by atoms with Crippen molar-refractivity contribution in [3.63, 3.8) is 0 Å². The van der Waals surface area contributed by atoms with Crippen LogP contribution in [0, 0.1) is 12.7 Å². The average Bonchev–Trinajstić information content (AvgIpc) is 3.39. The van der Waals surface area contributed by atoms with Crippen LogP contribution >= 0.6 is 11.8 Å². The Labute approximate surface area is 178 Å². The number of hydrogen-bond acceptors (Lipinski definition) is 5. The first kappa shape index (κ1) is 20.6. The first-order valence-electron chi connectivity index (χ1n) is 9.89. The number of ether oxygens (including phenoxy) is 1. The van der Waals surface area contributed by atoms with Crippen LogP contribution in [0.15, 0.2) is 53.4 Å². The quantitative estimate of drug-likeness (QED) is 0.566. The second kappa shape index (κ2) is 9.40. The Bertz CT molecular complexity index is 999. The van der Waals surface area contributed by atoms with Crippen molar-refractivity contribution in [1.29, 1.82) is 0 Å². The van der Waals surface area contributed by atoms with Crippen LogP contribution < -0.4 is 5.32 Å². The fourth-order valence-electron chi connectivity index (χ4n) is 3.31. The number of aryl methyl sites for hydroxylation is 1. The number of anilines is 1. The van der Waals surface area contributed by atoms with Crippen molar-refractivity contribution < 1.29 is 13.9 Å². The summed E-state index contributed by atoms with van der Waals surface area (Å²) in [6.45, 7) is 3.22. The first-order valence-corrected chi connectivity index (χ1v) is 10.9. The fourth-order valence-corrected chi connectivity index (χ4v) is 4.14. The van der Waals surface area contributed by atoms with Gasteiger partial charge in [-0.25, -0.2) is 9.07 Å². The predicted molar refractivity (Wildman–Crippen MR) is 114 cm³/mol. The van der Waals surface area contributed by atoms with E-state index >= 15 is 0 Å². The third kappa shape index (κ3) is 5.06. The maximum Gasteiger partial charge on any atom is 0.275 e. The zero-order valence-electron chi connectivity index (χ0n) is 16.7. The summed E-state index contributed by atoms with van der Waals surface area (Å²) < 4.78 is 20.5. The van der Waals surface area contributed by atoms with Gasteiger partial charge in [0.25, 0.3) is 5.91 Å². The van der Waals surface area contributed by atoms with Gasteiger partial charge in [0.1, 0.15) is 11.5 Å². The van der Waals surface area contributed by atoms with Gasteiger partial charge < -0.3 is 10.1 Å². The zero-order valence-corrected chi connectivity index (χ0v) is 17.5. The molecule has 1 aliphatic heterocycles. The van der Waals surface area contributed by atoms with Gasteiger partial charge in [-0.15, -0.1) is 16.9 Å². The summed E-state index contributed by atoms with van der Waals surface area (Å²) in [6, 6.07) is 13.9. The van der Waals surface area contributed by atoms with Gasteiger partial charge >= 0.3 is 0 Å². The van der Waals surface area contributed by atoms with E-state index in [-0.39, 0.29) is 17.8 Å². The van der Waals surface area contributed by atoms with Crippen LogP contribution in [0.1, 0.15) is 34.6 Å². The van der Waals surface area contributed by atoms with Crippen LogP contribution in [0.3, 0.4) is 0 Å². The molecule has 1 unspecified atom stereocenters. The monoisotopic (exact) mass is 426 g/mol. The third-order valence-electron chi connectivity index (χ3n) is 4.92. The molecule has 6 nitrogen and oxygen atoms in total. The van der Waals surface area contributed by atoms with Crippen LogP contribution in [-0.2, 0) is 17.0 Å². The van der Waals surface area contributed by atoms with E-state index in [1.165, 1.54) is 23.9 Å². The maximum atomic E-state index is 13.1. The molecule has 1 aliphatic rings. The number of carbonyl (C=O) groups excluding carboxylic acids is 1. The Kier molecular flexibility index (Phi) is 6.44. The summed E-state index contributed by atoms with van der Waals surface area (Å²) in [7, 11) is 0. The average molecular weight is 427 g/mol. The Morgan fingerprint density at radius 1 is 1.23 bits per heavy atom. The van der Waals surface area contributed by atoms with Crippen molar-refractivity contribution in [3.8, 4) is 0 Å². The maximum absolute atomic E-state index is 13.1. The van der Waals surface area contributed by atoms with Crippen molar-refractivity contribution >= 4 is 23.4 Å². The number of nitrogens with one attached hydrogen (secondary N) is 1. The minimum absolute atomic E-state index is 0.0372. The largest absolute Gasteiger partial charge is 0.376 e. The normalized spacial score (nSPS) is 16.0. The minimum atomic E-state index is -0.278. The van der Waals surface area contributed by atoms with Gasteiger partial charge in [-0.2, -0.15) is 0 Å². The van der Waals surface area contributed by atoms with Crippen LogP contribution in [0.25, 0.3) is 0 Å². The van der Waals surface area contributed by atoms with Crippen molar-refractivity contribution in [2.24, 2.45) is 0 Å². The molecule has 4 rings (SSSR count). The topological polar surface area (TPSA) is 69.0 Å². The van der Waals surface area contributed by atoms with E-state index in [0.717, 1.165) is 29.9 Å². The number of aromatic nitrogens is 3. The highest BCUT2D eigenvalue weighted by molar-refractivity contribution is 7.98. The molecule has 30 heavy (non-hydrogen) atoms. The Hall–Kier alpha value is -2.71. The van der Waals surface area contributed by atoms with E-state index in [9.17, 15) is 9.18 Å². The van der Waals surface area contributed by atoms with E-state index in [0.29, 0.717) is 29.4 Å². The number of hydrogen-bond donors (Lipinski definition) is 1. The summed E-state index contributed by atoms with van der Waals surface area (Å²) in [6.07, 6.45) is 1.99. The third-order valence-corrected chi connectivity index (χ3v) is 5.94. The molecule has 0 saturated carbocycles. The fraction of sp³-hybridized carbons (Fsp3) is 0.318. The molecule has 1 amide bonds. The number of halogens is 1. The second-order valence-electron chi connectivity index (χ2n) is 7.26. The molecule has 1 atom stereocenters. The van der Waals surface area contributed by atoms with Crippen LogP contribution in [-0.4, -0.2) is 33.6 Å². The van der Waals surface area contributed by atoms with E-state index in [2.05, 4.69) is 15.6 Å². The molecule has 0 bridgehead atoms. The van der Waals surface area contributed by atoms with Crippen molar-refractivity contribution in [3.05, 3.63) is 71.3 Å². The number of carbonyl (C=O) groups is 1. The number of amides is 1. The zero-order chi connectivity index (χ0) is 20.9. The molecule has 1 saturated heterocycles. The van der Waals surface area contributed by atoms with Gasteiger partial charge in [0.15, 0.2) is 5.69 Å². The lowest BCUT2D eigenvalue weighted by Crippen LogP contribution is -2.23. The molecule has 1 N–H and O–H groups in total. The molecule has 0 radical (unpaired) electrons. The summed E-state index contributed by atoms with van der Waals surface area (Å²) in [4.78, 5) is 14.0. The minimum Gasteiger partial charge on any atom is -0.376 e. The van der Waals surface area contributed by atoms with E-state index < -0.39 is 0 Å². The molecule has 8 heteroatoms. The number of nitrogens with zero attached hydrogens (tertiary/aromatic N) is 3. The van der Waals surface area contributed by atoms with Crippen molar-refractivity contribution in [2.45, 2.75) is 43.1 Å². The van der Waals surface area contributed by atoms with Crippen LogP contribution in [0.5, 0.6) is 0 Å². The lowest BCUT2D eigenvalue weighted by atomic mass is 10.2. The van der Waals surface area contributed by atoms with Gasteiger partial charge in [-0.3, -0.25) is 4.79 Å². The Morgan fingerprint density at radius 2 is 2.00 bits per heavy atom. The summed E-state index contributed by atoms with van der Waals surface area (Å²) in [5.41, 5.74) is 2.86. The lowest BCUT2D eigenvalue weighted by molar-refractivity contribution is 0.0899. The summed E-state index contributed by atoms with van der Waals surface area (Å²) >= 11 is 1.48. The number of benzene rings is 2. The predicted octanol–water partition coefficient (Wildman–Crippen LogP) is 4.45. The Balaban J connectivity index is 1.55. The standard InChI is InChI=1S/C22H23FN4O2S/c1-15-4-8-17(9-5-15)24-22(28)21-20(14-30-19-10-6-16(23)7-11-19)25-26-27(21)13-18-3-2-12-29-18/h4-11,18H,2-3,12-14H2,1H3,(H,24,28). The first-order chi connectivity index (χ1) is 14.6. The van der Waals surface area contributed by atoms with Crippen LogP contribution in [0.4, 0.5) is 10.1 Å². The van der Waals surface area contributed by atoms with Crippen molar-refractivity contribution in [1.82, 2.24) is 15.0 Å². The highest BCUT2D eigenvalue weighted by atomic mass is 32.2. The van der Waals surface area contributed by atoms with Gasteiger partial charge in [0, 0.05) is 22.9 Å². The highest BCUT2D eigenvalue weighted by Crippen LogP contribution is 2.25. The molecule has 1 aromatic heterocycles. The number of rotatable bonds is 7. The summed E-state index contributed by atoms with van der Waals surface area (Å²) in [5.74, 6) is -0.0788. The smallest absolute Gasteiger partial charge is 0.275 e. The molecule has 3 aromatic rings. The molecule has 0 aliphatic carbocycles. The van der Waals surface area contributed by atoms with Crippen LogP contribution in [0.2, 0.25) is 0 Å². The highest BCUT2D eigenvalue weighted by Gasteiger charge is 2.24. The molecular formula is C22H23FN4O2S. The summed E-state index contributed by atoms with van der Waals surface area (Å²) in [5, 5.41) is 11.4. The molecular weight excluding hydrogens is 403 g/mol. The van der Waals surface area contributed by atoms with Crippen molar-refractivity contribution in [2.75, 3.05) is 11.9 Å². The van der Waals surface area contributed by atoms with E-state index in [4.69, 9.17) is 4.74 Å². The molecule has 2 aromatic carbocycles. The number of thioether (sulfide) groups is 1. The van der Waals surface area contributed by atoms with E-state index in [1.54, 1.807) is 16.8 Å². The van der Waals surface area contributed by atoms with Gasteiger partial charge in [-0.05, 0) is 56.2 Å². The van der Waals surface area contributed by atoms with Gasteiger partial charge in [0.2, 0.25) is 0 Å². The van der Waals surface area contributed by atoms with E-state index in [1.807, 2.05) is 31.2 Å². The SMILES string of the molecule is Cc1ccc(NC(=O)c2c(CSc3ccc(F)cc3)nnn2CC2CCCO2)cc1. The molecule has 156 valence electrons. The van der Waals surface area contributed by atoms with Gasteiger partial charge in [0.05, 0.1) is 12.6 Å². The molecule has 0 spiro atoms. The Morgan fingerprint density at radius 3 is 2.70 bits per heavy atom. The molecule has 1 fully saturated rings. The second-order valence-corrected chi connectivity index (χ2v) is 8.31. The lowest BCUT2D eigenvalue weighted by Gasteiger charge is -2.13.